The van der Waals surface area contributed by atoms with Crippen molar-refractivity contribution in [3.63, 3.8) is 0 Å². The molecule has 4 aromatic heterocycles. The third-order valence-electron chi connectivity index (χ3n) is 13.6. The van der Waals surface area contributed by atoms with Crippen LogP contribution in [0.1, 0.15) is 65.2 Å². The summed E-state index contributed by atoms with van der Waals surface area (Å²) in [7, 11) is 0. The zero-order valence-electron chi connectivity index (χ0n) is 43.3. The average Bonchev–Trinajstić information content (AvgIpc) is 3.88. The molecule has 0 radical (unpaired) electrons. The van der Waals surface area contributed by atoms with Crippen LogP contribution in [-0.4, -0.2) is 20.8 Å². The van der Waals surface area contributed by atoms with Gasteiger partial charge in [-0.2, -0.15) is 0 Å². The monoisotopic (exact) mass is 1260 g/mol. The van der Waals surface area contributed by atoms with E-state index in [-0.39, 0.29) is 157 Å². The Morgan fingerprint density at radius 1 is 0.603 bits per heavy atom. The molecule has 0 N–H and O–H groups in total. The van der Waals surface area contributed by atoms with Crippen molar-refractivity contribution in [1.82, 2.24) is 14.4 Å². The van der Waals surface area contributed by atoms with Gasteiger partial charge < -0.3 is 16.0 Å². The molecule has 4 heterocycles. The van der Waals surface area contributed by atoms with E-state index in [1.54, 1.807) is 0 Å². The van der Waals surface area contributed by atoms with Crippen molar-refractivity contribution < 1.29 is 154 Å². The summed E-state index contributed by atoms with van der Waals surface area (Å²) in [6.45, 7) is 13.6. The van der Waals surface area contributed by atoms with Crippen LogP contribution in [0.25, 0.3) is 104 Å². The van der Waals surface area contributed by atoms with Gasteiger partial charge in [0.05, 0.1) is 32.8 Å². The number of rotatable bonds is 4. The fourth-order valence-corrected chi connectivity index (χ4v) is 12.0. The summed E-state index contributed by atoms with van der Waals surface area (Å²) in [6, 6.07) is 47.9. The van der Waals surface area contributed by atoms with Gasteiger partial charge in [-0.05, 0) is 156 Å². The molecule has 8 aromatic carbocycles. The van der Waals surface area contributed by atoms with Gasteiger partial charge in [0, 0.05) is 54.9 Å². The van der Waals surface area contributed by atoms with E-state index in [1.165, 1.54) is 87.5 Å². The summed E-state index contributed by atoms with van der Waals surface area (Å²) in [4.78, 5) is 21.0. The van der Waals surface area contributed by atoms with Crippen molar-refractivity contribution in [3.05, 3.63) is 183 Å². The Balaban J connectivity index is 0.000000177. The maximum atomic E-state index is 8.64. The van der Waals surface area contributed by atoms with Gasteiger partial charge >= 0.3 is 138 Å². The predicted octanol–water partition coefficient (Wildman–Crippen LogP) is 10.9. The molecule has 11 heteroatoms. The third-order valence-corrected chi connectivity index (χ3v) is 14.4. The van der Waals surface area contributed by atoms with E-state index in [9.17, 15) is 0 Å². The number of aromatic nitrogens is 3. The van der Waals surface area contributed by atoms with Crippen LogP contribution in [0.2, 0.25) is 15.1 Å². The first-order chi connectivity index (χ1) is 34.1. The summed E-state index contributed by atoms with van der Waals surface area (Å²) >= 11 is 19.7. The molecule has 0 spiro atoms. The van der Waals surface area contributed by atoms with Crippen LogP contribution >= 0.6 is 34.8 Å². The standard InChI is InChI=1S/C31H25Cl2N.C30H23ClN2.CH2O3.2Cs.H/c1-31(2,3)17-18-8-9-20-14-25-26(15-19-6-4-5-7-23(19)29(25)24(20)12-18)30-28-21(10-11-34-30)13-22(32)16-27(28)33;1-30(2,3)16-17-8-9-24-22(12-17)27-21-7-5-4-6-18(21)14-23-28-26-19(10-11-32-28)13-20(31)15-25(26)33(24)29(23)27;2-1-4-3;;;/h4-13,15-16H,14,17H2,1-3H3;4-15H,16H2,1-3H3;1,3H;;;/q;;;2*+1;-1/p-1. The van der Waals surface area contributed by atoms with Crippen molar-refractivity contribution in [1.29, 1.82) is 0 Å². The molecule has 0 unspecified atom stereocenters. The van der Waals surface area contributed by atoms with Crippen LogP contribution in [0.15, 0.2) is 146 Å². The van der Waals surface area contributed by atoms with Gasteiger partial charge in [0.15, 0.2) is 0 Å². The second-order valence-corrected chi connectivity index (χ2v) is 22.5. The van der Waals surface area contributed by atoms with E-state index in [2.05, 4.69) is 160 Å². The summed E-state index contributed by atoms with van der Waals surface area (Å²) < 4.78 is 2.41. The SMILES string of the molecule is CC(C)(C)Cc1ccc2c(c1)-c1c(c(-c3nccc4cc(Cl)cc(Cl)c34)cc3ccccc13)C2.CC(C)(C)Cc1ccc2c(c1)c1c3ccccc3cc3c4nccc5cc(Cl)cc(c54)n2c31.O=CO[O-].[Cs+].[Cs+].[H-]. The van der Waals surface area contributed by atoms with Gasteiger partial charge in [-0.15, -0.1) is 0 Å². The quantitative estimate of drug-likeness (QED) is 0.0577. The van der Waals surface area contributed by atoms with Crippen molar-refractivity contribution in [2.24, 2.45) is 10.8 Å². The summed E-state index contributed by atoms with van der Waals surface area (Å²) in [5.41, 5.74) is 15.3. The Bertz CT molecular complexity index is 4130. The van der Waals surface area contributed by atoms with Crippen LogP contribution in [0.5, 0.6) is 0 Å². The van der Waals surface area contributed by atoms with Crippen LogP contribution in [0, 0.1) is 10.8 Å². The Morgan fingerprint density at radius 3 is 1.89 bits per heavy atom. The molecule has 354 valence electrons. The molecule has 6 nitrogen and oxygen atoms in total. The average molecular weight is 1260 g/mol. The molecule has 0 amide bonds. The van der Waals surface area contributed by atoms with Crippen LogP contribution in [-0.2, 0) is 28.9 Å². The first-order valence-electron chi connectivity index (χ1n) is 23.8. The Hall–Kier alpha value is -2.70. The van der Waals surface area contributed by atoms with Crippen molar-refractivity contribution >= 4 is 123 Å². The third kappa shape index (κ3) is 10.6. The van der Waals surface area contributed by atoms with Gasteiger partial charge in [-0.3, -0.25) is 14.8 Å². The summed E-state index contributed by atoms with van der Waals surface area (Å²) in [5, 5.41) is 23.5. The number of fused-ring (bicyclic) bond motifs is 13. The van der Waals surface area contributed by atoms with Crippen LogP contribution in [0.3, 0.4) is 0 Å². The largest absolute Gasteiger partial charge is 1.00 e. The maximum absolute atomic E-state index is 8.64. The van der Waals surface area contributed by atoms with E-state index in [4.69, 9.17) is 54.8 Å². The predicted molar refractivity (Wildman–Crippen MR) is 296 cm³/mol. The second-order valence-electron chi connectivity index (χ2n) is 21.2. The van der Waals surface area contributed by atoms with Gasteiger partial charge in [0.2, 0.25) is 0 Å². The number of pyridine rings is 3. The molecule has 13 rings (SSSR count). The van der Waals surface area contributed by atoms with E-state index in [1.807, 2.05) is 36.7 Å². The van der Waals surface area contributed by atoms with Crippen molar-refractivity contribution in [2.75, 3.05) is 0 Å². The molecule has 0 fully saturated rings. The molecule has 12 aromatic rings. The number of nitrogens with zero attached hydrogens (tertiary/aromatic N) is 3. The van der Waals surface area contributed by atoms with E-state index < -0.39 is 0 Å². The van der Waals surface area contributed by atoms with Gasteiger partial charge in [0.25, 0.3) is 6.47 Å². The molecular formula is C62H50Cl3Cs2N3O3. The van der Waals surface area contributed by atoms with E-state index in [0.29, 0.717) is 10.0 Å². The Morgan fingerprint density at radius 2 is 1.21 bits per heavy atom. The fraction of sp³-hybridized carbons (Fsp3) is 0.177. The molecule has 1 aliphatic carbocycles. The minimum atomic E-state index is -0.181. The Labute approximate surface area is 558 Å². The topological polar surface area (TPSA) is 79.6 Å². The molecule has 0 saturated carbocycles. The summed E-state index contributed by atoms with van der Waals surface area (Å²) in [5.74, 6) is 0. The zero-order valence-corrected chi connectivity index (χ0v) is 57.1. The molecular weight excluding hydrogens is 1210 g/mol. The van der Waals surface area contributed by atoms with Gasteiger partial charge in [0.1, 0.15) is 0 Å². The smallest absolute Gasteiger partial charge is 1.00 e. The molecule has 0 bridgehead atoms. The minimum Gasteiger partial charge on any atom is -1.00 e. The zero-order chi connectivity index (χ0) is 49.5. The number of carbonyl (C=O) groups is 1. The number of hydrogen-bond donors (Lipinski definition) is 0. The number of carbonyl (C=O) groups excluding carboxylic acids is 1. The number of benzene rings is 8. The van der Waals surface area contributed by atoms with Gasteiger partial charge in [-0.1, -0.05) is 149 Å². The maximum Gasteiger partial charge on any atom is 1.00 e. The van der Waals surface area contributed by atoms with E-state index in [0.717, 1.165) is 62.7 Å². The molecule has 0 aliphatic heterocycles. The molecule has 0 atom stereocenters. The first-order valence-corrected chi connectivity index (χ1v) is 24.9. The summed E-state index contributed by atoms with van der Waals surface area (Å²) in [6.07, 6.45) is 6.74. The van der Waals surface area contributed by atoms with Crippen molar-refractivity contribution in [3.8, 4) is 22.4 Å². The number of hydrogen-bond acceptors (Lipinski definition) is 5. The Kier molecular flexibility index (Phi) is 16.6. The minimum absolute atomic E-state index is 0. The molecule has 0 saturated heterocycles. The second kappa shape index (κ2) is 22.0. The fourth-order valence-electron chi connectivity index (χ4n) is 11.2. The first kappa shape index (κ1) is 55.1. The van der Waals surface area contributed by atoms with Crippen LogP contribution < -0.4 is 143 Å². The number of halogens is 3. The molecule has 1 aliphatic rings. The van der Waals surface area contributed by atoms with E-state index >= 15 is 0 Å². The normalized spacial score (nSPS) is 12.1. The van der Waals surface area contributed by atoms with Gasteiger partial charge in [-0.25, -0.2) is 0 Å². The molecule has 73 heavy (non-hydrogen) atoms. The van der Waals surface area contributed by atoms with Crippen LogP contribution in [0.4, 0.5) is 0 Å². The van der Waals surface area contributed by atoms with Crippen molar-refractivity contribution in [2.45, 2.75) is 60.8 Å².